The van der Waals surface area contributed by atoms with Gasteiger partial charge in [-0.2, -0.15) is 10.1 Å². The molecule has 0 amide bonds. The van der Waals surface area contributed by atoms with Gasteiger partial charge < -0.3 is 9.47 Å². The van der Waals surface area contributed by atoms with Gasteiger partial charge in [-0.05, 0) is 18.5 Å². The number of nitrogens with zero attached hydrogens (tertiary/aromatic N) is 4. The van der Waals surface area contributed by atoms with Gasteiger partial charge >= 0.3 is 5.97 Å². The molecule has 0 aromatic carbocycles. The first-order valence-corrected chi connectivity index (χ1v) is 5.48. The molecule has 0 saturated carbocycles. The van der Waals surface area contributed by atoms with Gasteiger partial charge in [-0.25, -0.2) is 14.5 Å². The number of rotatable bonds is 3. The number of fused-ring (bicyclic) bond motifs is 1. The van der Waals surface area contributed by atoms with Crippen LogP contribution in [0.5, 0.6) is 5.88 Å². The molecule has 0 bridgehead atoms. The average Bonchev–Trinajstić information content (AvgIpc) is 2.79. The summed E-state index contributed by atoms with van der Waals surface area (Å²) in [6.07, 6.45) is 1.49. The van der Waals surface area contributed by atoms with Crippen LogP contribution >= 0.6 is 11.6 Å². The van der Waals surface area contributed by atoms with Crippen molar-refractivity contribution >= 4 is 28.6 Å². The third-order valence-corrected chi connectivity index (χ3v) is 2.66. The number of halogens is 1. The molecule has 0 aliphatic carbocycles. The fraction of sp³-hybridized carbons (Fsp3) is 0.400. The zero-order valence-electron chi connectivity index (χ0n) is 10.0. The van der Waals surface area contributed by atoms with E-state index in [-0.39, 0.29) is 11.2 Å². The maximum Gasteiger partial charge on any atom is 0.330 e. The summed E-state index contributed by atoms with van der Waals surface area (Å²) >= 11 is 5.75. The molecule has 8 heteroatoms. The minimum Gasteiger partial charge on any atom is -0.479 e. The topological polar surface area (TPSA) is 79.1 Å². The van der Waals surface area contributed by atoms with Crippen molar-refractivity contribution in [3.8, 4) is 5.88 Å². The van der Waals surface area contributed by atoms with Crippen LogP contribution in [-0.2, 0) is 9.53 Å². The summed E-state index contributed by atoms with van der Waals surface area (Å²) in [5, 5.41) is 4.15. The van der Waals surface area contributed by atoms with Crippen LogP contribution in [0.4, 0.5) is 0 Å². The van der Waals surface area contributed by atoms with Crippen LogP contribution in [0.3, 0.4) is 0 Å². The van der Waals surface area contributed by atoms with Crippen molar-refractivity contribution in [3.63, 3.8) is 0 Å². The van der Waals surface area contributed by atoms with E-state index < -0.39 is 12.0 Å². The first-order chi connectivity index (χ1) is 8.58. The number of carbonyl (C=O) groups excluding carboxylic acids is 1. The van der Waals surface area contributed by atoms with Gasteiger partial charge in [0, 0.05) is 0 Å². The van der Waals surface area contributed by atoms with Crippen LogP contribution in [0.2, 0.25) is 5.28 Å². The van der Waals surface area contributed by atoms with E-state index in [1.807, 2.05) is 0 Å². The minimum atomic E-state index is -0.605. The Balaban J connectivity index is 2.62. The Bertz CT molecular complexity index is 598. The van der Waals surface area contributed by atoms with Crippen LogP contribution in [-0.4, -0.2) is 39.9 Å². The van der Waals surface area contributed by atoms with Crippen LogP contribution in [0.25, 0.3) is 11.0 Å². The molecular weight excluding hydrogens is 260 g/mol. The van der Waals surface area contributed by atoms with Crippen molar-refractivity contribution in [1.29, 1.82) is 0 Å². The van der Waals surface area contributed by atoms with Gasteiger partial charge in [-0.3, -0.25) is 0 Å². The molecule has 0 N–H and O–H groups in total. The van der Waals surface area contributed by atoms with E-state index >= 15 is 0 Å². The maximum atomic E-state index is 11.5. The number of hydrogen-bond acceptors (Lipinski definition) is 6. The standard InChI is InChI=1S/C10H11ClN4O3/c1-5(9(16)18-3)15-7-6(4-12-15)13-10(11)14-8(7)17-2/h4-5H,1-3H3. The zero-order chi connectivity index (χ0) is 13.3. The highest BCUT2D eigenvalue weighted by Gasteiger charge is 2.22. The third kappa shape index (κ3) is 1.97. The molecule has 2 rings (SSSR count). The number of carbonyl (C=O) groups is 1. The molecule has 0 fully saturated rings. The van der Waals surface area contributed by atoms with Gasteiger partial charge in [0.25, 0.3) is 0 Å². The molecule has 0 saturated heterocycles. The average molecular weight is 271 g/mol. The number of aromatic nitrogens is 4. The van der Waals surface area contributed by atoms with Crippen molar-refractivity contribution in [2.45, 2.75) is 13.0 Å². The van der Waals surface area contributed by atoms with Gasteiger partial charge in [0.05, 0.1) is 20.4 Å². The van der Waals surface area contributed by atoms with Gasteiger partial charge in [0.2, 0.25) is 11.2 Å². The molecule has 18 heavy (non-hydrogen) atoms. The van der Waals surface area contributed by atoms with Crippen molar-refractivity contribution in [3.05, 3.63) is 11.5 Å². The summed E-state index contributed by atoms with van der Waals surface area (Å²) in [6.45, 7) is 1.66. The van der Waals surface area contributed by atoms with E-state index in [9.17, 15) is 4.79 Å². The van der Waals surface area contributed by atoms with E-state index in [0.717, 1.165) is 0 Å². The lowest BCUT2D eigenvalue weighted by atomic mass is 10.3. The van der Waals surface area contributed by atoms with Gasteiger partial charge in [0.1, 0.15) is 17.1 Å². The SMILES string of the molecule is COC(=O)C(C)n1ncc2nc(Cl)nc(OC)c21. The van der Waals surface area contributed by atoms with Crippen LogP contribution in [0.15, 0.2) is 6.20 Å². The lowest BCUT2D eigenvalue weighted by Gasteiger charge is -2.11. The summed E-state index contributed by atoms with van der Waals surface area (Å²) in [5.41, 5.74) is 1.00. The molecule has 2 heterocycles. The smallest absolute Gasteiger partial charge is 0.330 e. The Labute approximate surface area is 108 Å². The van der Waals surface area contributed by atoms with Gasteiger partial charge in [-0.1, -0.05) is 0 Å². The lowest BCUT2D eigenvalue weighted by Crippen LogP contribution is -2.19. The summed E-state index contributed by atoms with van der Waals surface area (Å²) in [4.78, 5) is 19.5. The molecule has 7 nitrogen and oxygen atoms in total. The largest absolute Gasteiger partial charge is 0.479 e. The molecule has 1 unspecified atom stereocenters. The number of esters is 1. The number of methoxy groups -OCH3 is 2. The van der Waals surface area contributed by atoms with Crippen LogP contribution in [0, 0.1) is 0 Å². The monoisotopic (exact) mass is 270 g/mol. The molecule has 0 aliphatic heterocycles. The normalized spacial score (nSPS) is 12.4. The van der Waals surface area contributed by atoms with Crippen molar-refractivity contribution in [2.24, 2.45) is 0 Å². The second-order valence-electron chi connectivity index (χ2n) is 3.52. The molecule has 2 aromatic rings. The first kappa shape index (κ1) is 12.6. The third-order valence-electron chi connectivity index (χ3n) is 2.49. The maximum absolute atomic E-state index is 11.5. The fourth-order valence-electron chi connectivity index (χ4n) is 1.61. The zero-order valence-corrected chi connectivity index (χ0v) is 10.8. The van der Waals surface area contributed by atoms with Gasteiger partial charge in [0.15, 0.2) is 0 Å². The molecule has 0 spiro atoms. The Morgan fingerprint density at radius 2 is 2.17 bits per heavy atom. The molecule has 2 aromatic heterocycles. The quantitative estimate of drug-likeness (QED) is 0.616. The number of hydrogen-bond donors (Lipinski definition) is 0. The highest BCUT2D eigenvalue weighted by molar-refractivity contribution is 6.28. The summed E-state index contributed by atoms with van der Waals surface area (Å²) in [6, 6.07) is -0.605. The molecule has 0 radical (unpaired) electrons. The van der Waals surface area contributed by atoms with Crippen LogP contribution < -0.4 is 4.74 Å². The molecule has 0 aliphatic rings. The van der Waals surface area contributed by atoms with E-state index in [1.165, 1.54) is 25.1 Å². The molecule has 1 atom stereocenters. The summed E-state index contributed by atoms with van der Waals surface area (Å²) in [7, 11) is 2.77. The van der Waals surface area contributed by atoms with Crippen molar-refractivity contribution < 1.29 is 14.3 Å². The Morgan fingerprint density at radius 3 is 2.78 bits per heavy atom. The fourth-order valence-corrected chi connectivity index (χ4v) is 1.78. The summed E-state index contributed by atoms with van der Waals surface area (Å²) in [5.74, 6) is -0.157. The predicted molar refractivity (Wildman–Crippen MR) is 63.6 cm³/mol. The van der Waals surface area contributed by atoms with E-state index in [0.29, 0.717) is 11.0 Å². The minimum absolute atomic E-state index is 0.0598. The first-order valence-electron chi connectivity index (χ1n) is 5.11. The number of ether oxygens (including phenoxy) is 2. The van der Waals surface area contributed by atoms with Crippen LogP contribution in [0.1, 0.15) is 13.0 Å². The van der Waals surface area contributed by atoms with E-state index in [1.54, 1.807) is 6.92 Å². The molecule has 96 valence electrons. The summed E-state index contributed by atoms with van der Waals surface area (Å²) < 4.78 is 11.2. The second-order valence-corrected chi connectivity index (χ2v) is 3.86. The lowest BCUT2D eigenvalue weighted by molar-refractivity contribution is -0.144. The Hall–Kier alpha value is -1.89. The van der Waals surface area contributed by atoms with E-state index in [4.69, 9.17) is 16.3 Å². The molecular formula is C10H11ClN4O3. The van der Waals surface area contributed by atoms with E-state index in [2.05, 4.69) is 19.8 Å². The van der Waals surface area contributed by atoms with Gasteiger partial charge in [-0.15, -0.1) is 0 Å². The predicted octanol–water partition coefficient (Wildman–Crippen LogP) is 1.22. The second kappa shape index (κ2) is 4.77. The highest BCUT2D eigenvalue weighted by Crippen LogP contribution is 2.26. The van der Waals surface area contributed by atoms with Crippen molar-refractivity contribution in [2.75, 3.05) is 14.2 Å². The Kier molecular flexibility index (Phi) is 3.33. The Morgan fingerprint density at radius 1 is 1.44 bits per heavy atom. The highest BCUT2D eigenvalue weighted by atomic mass is 35.5. The van der Waals surface area contributed by atoms with Crippen molar-refractivity contribution in [1.82, 2.24) is 19.7 Å².